The van der Waals surface area contributed by atoms with Gasteiger partial charge >= 0.3 is 6.09 Å². The van der Waals surface area contributed by atoms with Crippen molar-refractivity contribution in [1.82, 2.24) is 5.32 Å². The fourth-order valence-electron chi connectivity index (χ4n) is 1.60. The lowest BCUT2D eigenvalue weighted by Crippen LogP contribution is -2.33. The molecule has 0 bridgehead atoms. The molecule has 0 radical (unpaired) electrons. The molecule has 0 saturated heterocycles. The molecule has 0 heterocycles. The molecule has 0 fully saturated rings. The van der Waals surface area contributed by atoms with Gasteiger partial charge in [0.2, 0.25) is 0 Å². The molecule has 1 amide bonds. The Kier molecular flexibility index (Phi) is 7.84. The number of hydrogen-bond donors (Lipinski definition) is 1. The predicted octanol–water partition coefficient (Wildman–Crippen LogP) is 3.96. The van der Waals surface area contributed by atoms with E-state index in [0.29, 0.717) is 18.4 Å². The van der Waals surface area contributed by atoms with Crippen molar-refractivity contribution in [2.45, 2.75) is 53.1 Å². The molecule has 0 rings (SSSR count). The molecular weight excluding hydrogens is 282 g/mol. The quantitative estimate of drug-likeness (QED) is 0.754. The zero-order valence-corrected chi connectivity index (χ0v) is 13.3. The summed E-state index contributed by atoms with van der Waals surface area (Å²) in [4.78, 5) is 11.4. The van der Waals surface area contributed by atoms with Crippen LogP contribution < -0.4 is 5.32 Å². The Morgan fingerprint density at radius 2 is 1.88 bits per heavy atom. The predicted molar refractivity (Wildman–Crippen MR) is 75.6 cm³/mol. The summed E-state index contributed by atoms with van der Waals surface area (Å²) in [5.74, 6) is 1.31. The summed E-state index contributed by atoms with van der Waals surface area (Å²) in [6, 6.07) is 0. The third kappa shape index (κ3) is 10.6. The summed E-state index contributed by atoms with van der Waals surface area (Å²) in [6.45, 7) is 10.7. The summed E-state index contributed by atoms with van der Waals surface area (Å²) < 4.78 is 5.16. The van der Waals surface area contributed by atoms with Gasteiger partial charge in [-0.15, -0.1) is 0 Å². The number of ether oxygens (including phenoxy) is 1. The fraction of sp³-hybridized carbons (Fsp3) is 0.923. The fourth-order valence-corrected chi connectivity index (χ4v) is 1.87. The van der Waals surface area contributed by atoms with E-state index in [1.807, 2.05) is 20.8 Å². The number of carbonyl (C=O) groups excluding carboxylic acids is 1. The van der Waals surface area contributed by atoms with Gasteiger partial charge in [-0.25, -0.2) is 4.79 Å². The van der Waals surface area contributed by atoms with Gasteiger partial charge < -0.3 is 10.1 Å². The maximum atomic E-state index is 11.4. The van der Waals surface area contributed by atoms with Crippen LogP contribution in [0.4, 0.5) is 4.79 Å². The minimum absolute atomic E-state index is 0.321. The first-order valence-electron chi connectivity index (χ1n) is 6.27. The molecule has 0 aromatic heterocycles. The number of alkyl carbamates (subject to hydrolysis) is 1. The third-order valence-corrected chi connectivity index (χ3v) is 3.48. The zero-order valence-electron chi connectivity index (χ0n) is 11.7. The number of rotatable bonds is 6. The van der Waals surface area contributed by atoms with Crippen molar-refractivity contribution in [2.75, 3.05) is 11.9 Å². The van der Waals surface area contributed by atoms with E-state index in [1.54, 1.807) is 0 Å². The lowest BCUT2D eigenvalue weighted by atomic mass is 9.96. The van der Waals surface area contributed by atoms with E-state index >= 15 is 0 Å². The molecule has 3 nitrogen and oxygen atoms in total. The van der Waals surface area contributed by atoms with E-state index in [4.69, 9.17) is 4.74 Å². The van der Waals surface area contributed by atoms with E-state index in [-0.39, 0.29) is 6.09 Å². The first-order valence-corrected chi connectivity index (χ1v) is 7.39. The largest absolute Gasteiger partial charge is 0.444 e. The first-order chi connectivity index (χ1) is 7.74. The van der Waals surface area contributed by atoms with Crippen LogP contribution in [-0.4, -0.2) is 23.6 Å². The topological polar surface area (TPSA) is 38.3 Å². The number of halogens is 1. The third-order valence-electron chi connectivity index (χ3n) is 2.37. The Hall–Kier alpha value is -0.250. The molecule has 1 N–H and O–H groups in total. The Morgan fingerprint density at radius 1 is 1.29 bits per heavy atom. The number of amides is 1. The van der Waals surface area contributed by atoms with Crippen molar-refractivity contribution in [1.29, 1.82) is 0 Å². The van der Waals surface area contributed by atoms with Crippen molar-refractivity contribution in [3.63, 3.8) is 0 Å². The van der Waals surface area contributed by atoms with E-state index in [1.165, 1.54) is 6.42 Å². The van der Waals surface area contributed by atoms with E-state index < -0.39 is 5.60 Å². The van der Waals surface area contributed by atoms with Gasteiger partial charge in [0.15, 0.2) is 0 Å². The molecule has 2 atom stereocenters. The molecule has 0 spiro atoms. The molecule has 0 aliphatic rings. The summed E-state index contributed by atoms with van der Waals surface area (Å²) >= 11 is 3.48. The molecule has 0 aromatic carbocycles. The molecule has 0 saturated carbocycles. The second-order valence-corrected chi connectivity index (χ2v) is 6.47. The number of carbonyl (C=O) groups is 1. The summed E-state index contributed by atoms with van der Waals surface area (Å²) in [7, 11) is 0. The second kappa shape index (κ2) is 7.96. The van der Waals surface area contributed by atoms with Crippen LogP contribution in [0, 0.1) is 11.8 Å². The van der Waals surface area contributed by atoms with Crippen molar-refractivity contribution in [2.24, 2.45) is 11.8 Å². The average molecular weight is 308 g/mol. The van der Waals surface area contributed by atoms with Gasteiger partial charge in [0.05, 0.1) is 0 Å². The van der Waals surface area contributed by atoms with Crippen LogP contribution in [0.25, 0.3) is 0 Å². The van der Waals surface area contributed by atoms with Crippen LogP contribution in [0.15, 0.2) is 0 Å². The SMILES string of the molecule is CC(CBr)CC(C)CCNC(=O)OC(C)(C)C. The average Bonchev–Trinajstić information content (AvgIpc) is 2.14. The van der Waals surface area contributed by atoms with E-state index in [9.17, 15) is 4.79 Å². The molecule has 0 aromatic rings. The molecule has 4 heteroatoms. The van der Waals surface area contributed by atoms with Gasteiger partial charge in [-0.3, -0.25) is 0 Å². The zero-order chi connectivity index (χ0) is 13.5. The smallest absolute Gasteiger partial charge is 0.407 e. The minimum atomic E-state index is -0.416. The van der Waals surface area contributed by atoms with E-state index in [0.717, 1.165) is 11.8 Å². The van der Waals surface area contributed by atoms with Gasteiger partial charge in [-0.2, -0.15) is 0 Å². The highest BCUT2D eigenvalue weighted by Gasteiger charge is 2.16. The molecule has 2 unspecified atom stereocenters. The van der Waals surface area contributed by atoms with E-state index in [2.05, 4.69) is 35.1 Å². The Bertz CT molecular complexity index is 226. The lowest BCUT2D eigenvalue weighted by molar-refractivity contribution is 0.0525. The highest BCUT2D eigenvalue weighted by Crippen LogP contribution is 2.16. The lowest BCUT2D eigenvalue weighted by Gasteiger charge is -2.20. The summed E-state index contributed by atoms with van der Waals surface area (Å²) in [5, 5.41) is 3.83. The van der Waals surface area contributed by atoms with Crippen LogP contribution in [0.3, 0.4) is 0 Å². The molecule has 0 aliphatic carbocycles. The Balaban J connectivity index is 3.66. The number of nitrogens with one attached hydrogen (secondary N) is 1. The standard InChI is InChI=1S/C13H26BrNO2/c1-10(8-11(2)9-14)6-7-15-12(16)17-13(3,4)5/h10-11H,6-9H2,1-5H3,(H,15,16). The Morgan fingerprint density at radius 3 is 2.35 bits per heavy atom. The highest BCUT2D eigenvalue weighted by molar-refractivity contribution is 9.09. The van der Waals surface area contributed by atoms with Crippen LogP contribution in [0.1, 0.15) is 47.5 Å². The van der Waals surface area contributed by atoms with Gasteiger partial charge in [-0.05, 0) is 45.4 Å². The second-order valence-electron chi connectivity index (χ2n) is 5.82. The van der Waals surface area contributed by atoms with Crippen LogP contribution in [0.5, 0.6) is 0 Å². The number of alkyl halides is 1. The molecular formula is C13H26BrNO2. The first kappa shape index (κ1) is 16.8. The van der Waals surface area contributed by atoms with Crippen LogP contribution in [0.2, 0.25) is 0 Å². The summed E-state index contributed by atoms with van der Waals surface area (Å²) in [6.07, 6.45) is 1.86. The maximum absolute atomic E-state index is 11.4. The van der Waals surface area contributed by atoms with Gasteiger partial charge in [-0.1, -0.05) is 29.8 Å². The molecule has 0 aliphatic heterocycles. The Labute approximate surface area is 114 Å². The normalized spacial score (nSPS) is 15.2. The van der Waals surface area contributed by atoms with Crippen LogP contribution >= 0.6 is 15.9 Å². The number of hydrogen-bond acceptors (Lipinski definition) is 2. The van der Waals surface area contributed by atoms with Gasteiger partial charge in [0, 0.05) is 11.9 Å². The molecule has 17 heavy (non-hydrogen) atoms. The van der Waals surface area contributed by atoms with Crippen LogP contribution in [-0.2, 0) is 4.74 Å². The highest BCUT2D eigenvalue weighted by atomic mass is 79.9. The molecule has 102 valence electrons. The van der Waals surface area contributed by atoms with Crippen molar-refractivity contribution >= 4 is 22.0 Å². The van der Waals surface area contributed by atoms with Gasteiger partial charge in [0.25, 0.3) is 0 Å². The monoisotopic (exact) mass is 307 g/mol. The summed E-state index contributed by atoms with van der Waals surface area (Å²) in [5.41, 5.74) is -0.416. The van der Waals surface area contributed by atoms with Crippen molar-refractivity contribution < 1.29 is 9.53 Å². The minimum Gasteiger partial charge on any atom is -0.444 e. The van der Waals surface area contributed by atoms with Crippen molar-refractivity contribution in [3.8, 4) is 0 Å². The van der Waals surface area contributed by atoms with Gasteiger partial charge in [0.1, 0.15) is 5.60 Å². The van der Waals surface area contributed by atoms with Crippen molar-refractivity contribution in [3.05, 3.63) is 0 Å². The maximum Gasteiger partial charge on any atom is 0.407 e.